The number of rotatable bonds is 20. The lowest BCUT2D eigenvalue weighted by Gasteiger charge is -2.66. The average Bonchev–Trinajstić information content (AvgIpc) is 3.38. The summed E-state index contributed by atoms with van der Waals surface area (Å²) in [6.45, 7) is 26.9. The smallest absolute Gasteiger partial charge is 0.00892 e. The van der Waals surface area contributed by atoms with Gasteiger partial charge in [-0.1, -0.05) is 111 Å². The van der Waals surface area contributed by atoms with Gasteiger partial charge in [-0.2, -0.15) is 0 Å². The molecule has 0 aromatic carbocycles. The van der Waals surface area contributed by atoms with Gasteiger partial charge in [-0.3, -0.25) is 0 Å². The van der Waals surface area contributed by atoms with Crippen molar-refractivity contribution >= 4 is 5.71 Å². The minimum atomic E-state index is 0.475. The summed E-state index contributed by atoms with van der Waals surface area (Å²) in [7, 11) is 0. The lowest BCUT2D eigenvalue weighted by atomic mass is 9.39. The highest BCUT2D eigenvalue weighted by molar-refractivity contribution is 5.81. The molecule has 0 aromatic rings. The zero-order valence-corrected chi connectivity index (χ0v) is 32.9. The molecule has 4 aliphatic carbocycles. The van der Waals surface area contributed by atoms with Crippen LogP contribution in [0.15, 0.2) is 24.3 Å². The van der Waals surface area contributed by atoms with Gasteiger partial charge in [0.2, 0.25) is 0 Å². The van der Waals surface area contributed by atoms with Gasteiger partial charge in [-0.25, -0.2) is 0 Å². The summed E-state index contributed by atoms with van der Waals surface area (Å²) in [5.41, 5.74) is 5.51. The van der Waals surface area contributed by atoms with Crippen LogP contribution in [0.25, 0.3) is 0 Å². The summed E-state index contributed by atoms with van der Waals surface area (Å²) in [6, 6.07) is 0. The number of unbranched alkanes of at least 4 members (excludes halogenated alkanes) is 4. The van der Waals surface area contributed by atoms with Crippen molar-refractivity contribution in [3.63, 3.8) is 0 Å². The van der Waals surface area contributed by atoms with Crippen molar-refractivity contribution in [2.45, 2.75) is 203 Å². The van der Waals surface area contributed by atoms with Gasteiger partial charge in [0, 0.05) is 5.71 Å². The number of fused-ring (bicyclic) bond motifs is 5. The van der Waals surface area contributed by atoms with E-state index in [1.165, 1.54) is 127 Å². The Hall–Kier alpha value is -0.850. The molecule has 0 radical (unpaired) electrons. The molecule has 4 fully saturated rings. The molecule has 8 unspecified atom stereocenters. The highest BCUT2D eigenvalue weighted by Gasteiger charge is 2.63. The Bertz CT molecular complexity index is 1020. The molecule has 0 heterocycles. The van der Waals surface area contributed by atoms with Crippen molar-refractivity contribution in [1.29, 1.82) is 5.41 Å². The maximum Gasteiger partial charge on any atom is 0.00892 e. The van der Waals surface area contributed by atoms with Gasteiger partial charge in [-0.15, -0.1) is 0 Å². The van der Waals surface area contributed by atoms with E-state index < -0.39 is 0 Å². The second-order valence-electron chi connectivity index (χ2n) is 19.2. The average molecular weight is 648 g/mol. The summed E-state index contributed by atoms with van der Waals surface area (Å²) in [5, 5.41) is 8.58. The van der Waals surface area contributed by atoms with Crippen LogP contribution in [0.1, 0.15) is 203 Å². The van der Waals surface area contributed by atoms with Gasteiger partial charge in [0.1, 0.15) is 0 Å². The molecule has 4 saturated carbocycles. The molecule has 1 N–H and O–H groups in total. The SMILES string of the molecule is C=C(CCCCCC)CCCCC(=N)CCCC(=C)C1CCC2(C)C3CCC4(C)C(C(C)CCCC(C)C)CCC4C3CC[C@@]2(C)C1. The topological polar surface area (TPSA) is 23.9 Å². The molecule has 1 nitrogen and oxygen atoms in total. The van der Waals surface area contributed by atoms with E-state index in [1.54, 1.807) is 0 Å². The van der Waals surface area contributed by atoms with E-state index in [0.717, 1.165) is 79.7 Å². The second-order valence-corrected chi connectivity index (χ2v) is 19.2. The van der Waals surface area contributed by atoms with E-state index >= 15 is 0 Å². The summed E-state index contributed by atoms with van der Waals surface area (Å²) in [4.78, 5) is 0. The molecule has 1 heteroatoms. The zero-order chi connectivity index (χ0) is 34.2. The monoisotopic (exact) mass is 648 g/mol. The first-order valence-electron chi connectivity index (χ1n) is 21.2. The van der Waals surface area contributed by atoms with Crippen LogP contribution in [0.5, 0.6) is 0 Å². The number of nitrogens with one attached hydrogen (secondary N) is 1. The number of allylic oxidation sites excluding steroid dienone is 2. The fourth-order valence-electron chi connectivity index (χ4n) is 12.5. The standard InChI is InChI=1S/C46H81N/c1-10-11-12-13-19-35(4)20-14-15-23-39(47)24-17-21-36(5)38-27-32-46(9)43-29-31-45(8)41(37(6)22-16-18-34(2)3)25-26-42(45)40(43)28-30-44(46,7)33-38/h34,37-38,40-43,47H,4-5,10-33H2,1-3,6-9H3/t37?,38?,40?,41?,42?,43?,44-,45?,46?/m0/s1. The Kier molecular flexibility index (Phi) is 14.4. The molecule has 0 spiro atoms. The predicted octanol–water partition coefficient (Wildman–Crippen LogP) is 14.9. The Labute approximate surface area is 294 Å². The fourth-order valence-corrected chi connectivity index (χ4v) is 12.5. The van der Waals surface area contributed by atoms with Crippen LogP contribution in [0.2, 0.25) is 0 Å². The first-order chi connectivity index (χ1) is 22.3. The summed E-state index contributed by atoms with van der Waals surface area (Å²) in [5.74, 6) is 6.34. The van der Waals surface area contributed by atoms with Crippen molar-refractivity contribution in [3.8, 4) is 0 Å². The van der Waals surface area contributed by atoms with E-state index in [-0.39, 0.29) is 0 Å². The molecule has 0 amide bonds. The molecule has 0 saturated heterocycles. The van der Waals surface area contributed by atoms with Crippen molar-refractivity contribution in [3.05, 3.63) is 24.3 Å². The fraction of sp³-hybridized carbons (Fsp3) is 0.891. The lowest BCUT2D eigenvalue weighted by molar-refractivity contribution is -0.160. The van der Waals surface area contributed by atoms with Crippen molar-refractivity contribution in [2.24, 2.45) is 57.7 Å². The first-order valence-corrected chi connectivity index (χ1v) is 21.2. The Morgan fingerprint density at radius 3 is 2.13 bits per heavy atom. The van der Waals surface area contributed by atoms with Crippen LogP contribution >= 0.6 is 0 Å². The molecular formula is C46H81N. The third-order valence-electron chi connectivity index (χ3n) is 15.8. The molecule has 0 bridgehead atoms. The van der Waals surface area contributed by atoms with Crippen molar-refractivity contribution in [2.75, 3.05) is 0 Å². The first kappa shape index (κ1) is 38.9. The van der Waals surface area contributed by atoms with E-state index in [4.69, 9.17) is 12.0 Å². The van der Waals surface area contributed by atoms with Gasteiger partial charge < -0.3 is 5.41 Å². The Balaban J connectivity index is 1.20. The van der Waals surface area contributed by atoms with Gasteiger partial charge in [0.25, 0.3) is 0 Å². The van der Waals surface area contributed by atoms with Crippen LogP contribution in [0, 0.1) is 63.1 Å². The normalized spacial score (nSPS) is 35.6. The van der Waals surface area contributed by atoms with Crippen LogP contribution in [-0.4, -0.2) is 5.71 Å². The highest BCUT2D eigenvalue weighted by Crippen LogP contribution is 2.72. The summed E-state index contributed by atoms with van der Waals surface area (Å²) < 4.78 is 0. The van der Waals surface area contributed by atoms with Gasteiger partial charge in [-0.05, 0) is 173 Å². The van der Waals surface area contributed by atoms with Gasteiger partial charge in [0.15, 0.2) is 0 Å². The van der Waals surface area contributed by atoms with Crippen LogP contribution in [0.3, 0.4) is 0 Å². The summed E-state index contributed by atoms with van der Waals surface area (Å²) >= 11 is 0. The summed E-state index contributed by atoms with van der Waals surface area (Å²) in [6.07, 6.45) is 31.7. The Morgan fingerprint density at radius 1 is 0.702 bits per heavy atom. The van der Waals surface area contributed by atoms with E-state index in [9.17, 15) is 0 Å². The van der Waals surface area contributed by atoms with Gasteiger partial charge in [0.05, 0.1) is 0 Å². The van der Waals surface area contributed by atoms with E-state index in [1.807, 2.05) is 0 Å². The zero-order valence-electron chi connectivity index (χ0n) is 32.9. The predicted molar refractivity (Wildman–Crippen MR) is 208 cm³/mol. The molecule has 4 aliphatic rings. The molecule has 9 atom stereocenters. The molecule has 0 aliphatic heterocycles. The Morgan fingerprint density at radius 2 is 1.40 bits per heavy atom. The second kappa shape index (κ2) is 17.4. The third-order valence-corrected chi connectivity index (χ3v) is 15.8. The van der Waals surface area contributed by atoms with Crippen LogP contribution in [-0.2, 0) is 0 Å². The van der Waals surface area contributed by atoms with Crippen LogP contribution < -0.4 is 0 Å². The molecular weight excluding hydrogens is 567 g/mol. The molecule has 47 heavy (non-hydrogen) atoms. The number of hydrogen-bond donors (Lipinski definition) is 1. The lowest BCUT2D eigenvalue weighted by Crippen LogP contribution is -2.57. The molecule has 270 valence electrons. The number of hydrogen-bond acceptors (Lipinski definition) is 1. The van der Waals surface area contributed by atoms with Crippen LogP contribution in [0.4, 0.5) is 0 Å². The third kappa shape index (κ3) is 9.29. The molecule has 0 aromatic heterocycles. The van der Waals surface area contributed by atoms with Crippen molar-refractivity contribution < 1.29 is 0 Å². The van der Waals surface area contributed by atoms with E-state index in [0.29, 0.717) is 22.2 Å². The minimum Gasteiger partial charge on any atom is -0.310 e. The maximum absolute atomic E-state index is 8.58. The minimum absolute atomic E-state index is 0.475. The quantitative estimate of drug-likeness (QED) is 0.0772. The van der Waals surface area contributed by atoms with Crippen molar-refractivity contribution in [1.82, 2.24) is 0 Å². The van der Waals surface area contributed by atoms with E-state index in [2.05, 4.69) is 55.0 Å². The largest absolute Gasteiger partial charge is 0.310 e. The van der Waals surface area contributed by atoms with Gasteiger partial charge >= 0.3 is 0 Å². The molecule has 4 rings (SSSR count). The highest BCUT2D eigenvalue weighted by atomic mass is 14.7. The maximum atomic E-state index is 8.58.